The largest absolute Gasteiger partial charge is 0.353 e. The summed E-state index contributed by atoms with van der Waals surface area (Å²) in [5, 5.41) is 3.07. The van der Waals surface area contributed by atoms with Crippen LogP contribution in [0.15, 0.2) is 30.3 Å². The molecule has 1 aliphatic heterocycles. The van der Waals surface area contributed by atoms with Crippen molar-refractivity contribution in [1.29, 1.82) is 0 Å². The van der Waals surface area contributed by atoms with Gasteiger partial charge >= 0.3 is 0 Å². The third kappa shape index (κ3) is 5.22. The highest BCUT2D eigenvalue weighted by atomic mass is 35.5. The maximum atomic E-state index is 12.4. The molecule has 1 saturated heterocycles. The van der Waals surface area contributed by atoms with E-state index < -0.39 is 0 Å². The molecule has 128 valence electrons. The van der Waals surface area contributed by atoms with E-state index in [2.05, 4.69) is 5.32 Å². The van der Waals surface area contributed by atoms with E-state index in [0.717, 1.165) is 18.4 Å². The molecule has 0 saturated carbocycles. The molecule has 23 heavy (non-hydrogen) atoms. The minimum Gasteiger partial charge on any atom is -0.353 e. The number of rotatable bonds is 4. The molecule has 1 fully saturated rings. The van der Waals surface area contributed by atoms with Gasteiger partial charge in [-0.1, -0.05) is 37.3 Å². The second-order valence-electron chi connectivity index (χ2n) is 6.01. The summed E-state index contributed by atoms with van der Waals surface area (Å²) in [6.07, 6.45) is 1.61. The standard InChI is InChI=1S/C17H25N3O2.ClH/c1-12(16(18)14-6-4-3-5-7-14)17(22)19-15-8-10-20(11-9-15)13(2)21;/h3-7,12,15-16H,8-11,18H2,1-2H3,(H,19,22);1H. The topological polar surface area (TPSA) is 75.4 Å². The number of hydrogen-bond donors (Lipinski definition) is 2. The Labute approximate surface area is 144 Å². The molecule has 5 nitrogen and oxygen atoms in total. The Morgan fingerprint density at radius 1 is 1.22 bits per heavy atom. The van der Waals surface area contributed by atoms with Crippen LogP contribution in [-0.4, -0.2) is 35.8 Å². The molecule has 6 heteroatoms. The molecule has 1 aromatic rings. The first kappa shape index (κ1) is 19.5. The zero-order valence-electron chi connectivity index (χ0n) is 13.7. The van der Waals surface area contributed by atoms with Gasteiger partial charge in [-0.2, -0.15) is 0 Å². The molecular weight excluding hydrogens is 314 g/mol. The SMILES string of the molecule is CC(=O)N1CCC(NC(=O)C(C)C(N)c2ccccc2)CC1.Cl. The van der Waals surface area contributed by atoms with E-state index in [1.54, 1.807) is 6.92 Å². The molecule has 0 aromatic heterocycles. The number of benzene rings is 1. The van der Waals surface area contributed by atoms with Crippen LogP contribution in [0.2, 0.25) is 0 Å². The molecule has 2 unspecified atom stereocenters. The quantitative estimate of drug-likeness (QED) is 0.879. The number of amides is 2. The number of nitrogens with zero attached hydrogens (tertiary/aromatic N) is 1. The van der Waals surface area contributed by atoms with Gasteiger partial charge in [0.25, 0.3) is 0 Å². The van der Waals surface area contributed by atoms with Crippen molar-refractivity contribution in [2.75, 3.05) is 13.1 Å². The van der Waals surface area contributed by atoms with Crippen molar-refractivity contribution in [3.05, 3.63) is 35.9 Å². The van der Waals surface area contributed by atoms with Crippen LogP contribution in [0.3, 0.4) is 0 Å². The lowest BCUT2D eigenvalue weighted by Gasteiger charge is -2.32. The van der Waals surface area contributed by atoms with Crippen molar-refractivity contribution in [3.63, 3.8) is 0 Å². The van der Waals surface area contributed by atoms with Gasteiger partial charge < -0.3 is 16.0 Å². The molecule has 3 N–H and O–H groups in total. The minimum absolute atomic E-state index is 0. The average molecular weight is 340 g/mol. The van der Waals surface area contributed by atoms with E-state index in [0.29, 0.717) is 13.1 Å². The molecule has 0 spiro atoms. The fraction of sp³-hybridized carbons (Fsp3) is 0.529. The molecule has 0 bridgehead atoms. The Kier molecular flexibility index (Phi) is 7.52. The van der Waals surface area contributed by atoms with Gasteiger partial charge in [0.05, 0.1) is 5.92 Å². The highest BCUT2D eigenvalue weighted by Gasteiger charge is 2.26. The Morgan fingerprint density at radius 2 is 1.78 bits per heavy atom. The number of hydrogen-bond acceptors (Lipinski definition) is 3. The summed E-state index contributed by atoms with van der Waals surface area (Å²) in [4.78, 5) is 25.5. The van der Waals surface area contributed by atoms with E-state index in [4.69, 9.17) is 5.73 Å². The van der Waals surface area contributed by atoms with E-state index in [1.165, 1.54) is 0 Å². The molecule has 2 amide bonds. The molecular formula is C17H26ClN3O2. The lowest BCUT2D eigenvalue weighted by atomic mass is 9.94. The zero-order valence-corrected chi connectivity index (χ0v) is 14.5. The normalized spacial score (nSPS) is 17.8. The van der Waals surface area contributed by atoms with E-state index >= 15 is 0 Å². The molecule has 2 rings (SSSR count). The number of carbonyl (C=O) groups excluding carboxylic acids is 2. The highest BCUT2D eigenvalue weighted by molar-refractivity contribution is 5.85. The van der Waals surface area contributed by atoms with Crippen LogP contribution in [-0.2, 0) is 9.59 Å². The summed E-state index contributed by atoms with van der Waals surface area (Å²) in [5.74, 6) is -0.199. The minimum atomic E-state index is -0.307. The van der Waals surface area contributed by atoms with Crippen molar-refractivity contribution < 1.29 is 9.59 Å². The van der Waals surface area contributed by atoms with Crippen LogP contribution < -0.4 is 11.1 Å². The smallest absolute Gasteiger partial charge is 0.224 e. The van der Waals surface area contributed by atoms with E-state index in [-0.39, 0.29) is 42.2 Å². The van der Waals surface area contributed by atoms with Crippen molar-refractivity contribution in [3.8, 4) is 0 Å². The van der Waals surface area contributed by atoms with Gasteiger partial charge in [0, 0.05) is 32.1 Å². The lowest BCUT2D eigenvalue weighted by Crippen LogP contribution is -2.48. The molecule has 1 heterocycles. The number of nitrogens with two attached hydrogens (primary N) is 1. The van der Waals surface area contributed by atoms with E-state index in [9.17, 15) is 9.59 Å². The van der Waals surface area contributed by atoms with Gasteiger partial charge in [-0.3, -0.25) is 9.59 Å². The Morgan fingerprint density at radius 3 is 2.30 bits per heavy atom. The van der Waals surface area contributed by atoms with Crippen LogP contribution in [0.5, 0.6) is 0 Å². The van der Waals surface area contributed by atoms with Crippen LogP contribution in [0, 0.1) is 5.92 Å². The van der Waals surface area contributed by atoms with Crippen LogP contribution in [0.25, 0.3) is 0 Å². The van der Waals surface area contributed by atoms with Gasteiger partial charge in [0.2, 0.25) is 11.8 Å². The number of likely N-dealkylation sites (tertiary alicyclic amines) is 1. The molecule has 0 radical (unpaired) electrons. The van der Waals surface area contributed by atoms with Gasteiger partial charge in [-0.25, -0.2) is 0 Å². The maximum absolute atomic E-state index is 12.4. The lowest BCUT2D eigenvalue weighted by molar-refractivity contribution is -0.130. The highest BCUT2D eigenvalue weighted by Crippen LogP contribution is 2.20. The first-order chi connectivity index (χ1) is 10.5. The fourth-order valence-corrected chi connectivity index (χ4v) is 2.80. The van der Waals surface area contributed by atoms with Crippen molar-refractivity contribution in [1.82, 2.24) is 10.2 Å². The first-order valence-corrected chi connectivity index (χ1v) is 7.85. The van der Waals surface area contributed by atoms with Crippen molar-refractivity contribution in [2.45, 2.75) is 38.8 Å². The maximum Gasteiger partial charge on any atom is 0.224 e. The molecule has 1 aromatic carbocycles. The van der Waals surface area contributed by atoms with Crippen LogP contribution in [0.4, 0.5) is 0 Å². The number of halogens is 1. The number of piperidine rings is 1. The summed E-state index contributed by atoms with van der Waals surface area (Å²) in [7, 11) is 0. The predicted octanol–water partition coefficient (Wildman–Crippen LogP) is 1.87. The van der Waals surface area contributed by atoms with Crippen molar-refractivity contribution >= 4 is 24.2 Å². The summed E-state index contributed by atoms with van der Waals surface area (Å²) >= 11 is 0. The summed E-state index contributed by atoms with van der Waals surface area (Å²) in [6, 6.07) is 9.50. The second-order valence-corrected chi connectivity index (χ2v) is 6.01. The summed E-state index contributed by atoms with van der Waals surface area (Å²) < 4.78 is 0. The predicted molar refractivity (Wildman–Crippen MR) is 93.2 cm³/mol. The summed E-state index contributed by atoms with van der Waals surface area (Å²) in [5.41, 5.74) is 7.16. The van der Waals surface area contributed by atoms with E-state index in [1.807, 2.05) is 42.2 Å². The van der Waals surface area contributed by atoms with Gasteiger partial charge in [-0.15, -0.1) is 12.4 Å². The molecule has 2 atom stereocenters. The Hall–Kier alpha value is -1.59. The fourth-order valence-electron chi connectivity index (χ4n) is 2.80. The third-order valence-corrected chi connectivity index (χ3v) is 4.42. The van der Waals surface area contributed by atoms with Crippen molar-refractivity contribution in [2.24, 2.45) is 11.7 Å². The summed E-state index contributed by atoms with van der Waals surface area (Å²) in [6.45, 7) is 4.86. The average Bonchev–Trinajstić information content (AvgIpc) is 2.54. The second kappa shape index (κ2) is 8.89. The third-order valence-electron chi connectivity index (χ3n) is 4.42. The van der Waals surface area contributed by atoms with Gasteiger partial charge in [0.1, 0.15) is 0 Å². The van der Waals surface area contributed by atoms with Gasteiger partial charge in [-0.05, 0) is 18.4 Å². The number of nitrogens with one attached hydrogen (secondary N) is 1. The van der Waals surface area contributed by atoms with Gasteiger partial charge in [0.15, 0.2) is 0 Å². The monoisotopic (exact) mass is 339 g/mol. The van der Waals surface area contributed by atoms with Crippen LogP contribution >= 0.6 is 12.4 Å². The molecule has 0 aliphatic carbocycles. The zero-order chi connectivity index (χ0) is 16.1. The Balaban J connectivity index is 0.00000264. The Bertz CT molecular complexity index is 516. The number of carbonyl (C=O) groups is 2. The molecule has 1 aliphatic rings. The van der Waals surface area contributed by atoms with Crippen LogP contribution in [0.1, 0.15) is 38.3 Å². The first-order valence-electron chi connectivity index (χ1n) is 7.85.